The van der Waals surface area contributed by atoms with Gasteiger partial charge in [-0.25, -0.2) is 4.79 Å². The van der Waals surface area contributed by atoms with Gasteiger partial charge in [0.1, 0.15) is 5.60 Å². The molecule has 0 aromatic carbocycles. The predicted molar refractivity (Wildman–Crippen MR) is 77.4 cm³/mol. The second-order valence-electron chi connectivity index (χ2n) is 7.58. The van der Waals surface area contributed by atoms with Crippen molar-refractivity contribution in [1.82, 2.24) is 9.80 Å². The van der Waals surface area contributed by atoms with Crippen molar-refractivity contribution >= 4 is 6.09 Å². The molecule has 1 amide bonds. The Balaban J connectivity index is 1.53. The minimum Gasteiger partial charge on any atom is -0.444 e. The van der Waals surface area contributed by atoms with Crippen LogP contribution in [0.15, 0.2) is 0 Å². The molecule has 3 atom stereocenters. The van der Waals surface area contributed by atoms with E-state index in [0.717, 1.165) is 32.6 Å². The Morgan fingerprint density at radius 3 is 2.45 bits per heavy atom. The Hall–Kier alpha value is -0.810. The summed E-state index contributed by atoms with van der Waals surface area (Å²) in [4.78, 5) is 16.6. The lowest BCUT2D eigenvalue weighted by atomic mass is 10.0. The zero-order chi connectivity index (χ0) is 14.5. The molecule has 3 rings (SSSR count). The van der Waals surface area contributed by atoms with E-state index in [1.807, 2.05) is 25.7 Å². The van der Waals surface area contributed by atoms with Crippen LogP contribution in [0.25, 0.3) is 0 Å². The molecule has 0 spiro atoms. The van der Waals surface area contributed by atoms with Crippen LogP contribution >= 0.6 is 0 Å². The predicted octanol–water partition coefficient (Wildman–Crippen LogP) is 1.27. The number of ether oxygens (including phenoxy) is 1. The van der Waals surface area contributed by atoms with Crippen LogP contribution in [0.3, 0.4) is 0 Å². The molecule has 5 nitrogen and oxygen atoms in total. The summed E-state index contributed by atoms with van der Waals surface area (Å²) >= 11 is 0. The van der Waals surface area contributed by atoms with Crippen LogP contribution in [-0.2, 0) is 4.74 Å². The normalized spacial score (nSPS) is 37.7. The zero-order valence-corrected chi connectivity index (χ0v) is 12.8. The van der Waals surface area contributed by atoms with Crippen molar-refractivity contribution in [2.75, 3.05) is 26.2 Å². The third-order valence-corrected chi connectivity index (χ3v) is 4.85. The van der Waals surface area contributed by atoms with Crippen molar-refractivity contribution in [3.8, 4) is 0 Å². The maximum absolute atomic E-state index is 12.2. The molecule has 114 valence electrons. The molecule has 3 unspecified atom stereocenters. The minimum absolute atomic E-state index is 0.164. The maximum atomic E-state index is 12.2. The fraction of sp³-hybridized carbons (Fsp3) is 0.933. The van der Waals surface area contributed by atoms with Crippen molar-refractivity contribution in [2.45, 2.75) is 51.3 Å². The zero-order valence-electron chi connectivity index (χ0n) is 12.8. The Bertz CT molecular complexity index is 381. The van der Waals surface area contributed by atoms with Crippen LogP contribution in [0.1, 0.15) is 33.6 Å². The Morgan fingerprint density at radius 2 is 1.85 bits per heavy atom. The molecule has 2 saturated heterocycles. The number of hydrogen-bond acceptors (Lipinski definition) is 4. The number of carbonyl (C=O) groups is 1. The van der Waals surface area contributed by atoms with E-state index in [-0.39, 0.29) is 6.09 Å². The molecule has 2 aliphatic heterocycles. The first-order valence-electron chi connectivity index (χ1n) is 7.83. The molecule has 5 heteroatoms. The largest absolute Gasteiger partial charge is 0.444 e. The van der Waals surface area contributed by atoms with Gasteiger partial charge in [0.15, 0.2) is 0 Å². The van der Waals surface area contributed by atoms with Gasteiger partial charge in [0.05, 0.1) is 0 Å². The Morgan fingerprint density at radius 1 is 1.20 bits per heavy atom. The molecule has 0 radical (unpaired) electrons. The SMILES string of the molecule is CC(C)(C)OC(=O)N1CCCC(N2CC3C(N)C3C2)C1. The number of hydrogen-bond donors (Lipinski definition) is 1. The number of nitrogens with zero attached hydrogens (tertiary/aromatic N) is 2. The topological polar surface area (TPSA) is 58.8 Å². The van der Waals surface area contributed by atoms with Crippen LogP contribution < -0.4 is 5.73 Å². The van der Waals surface area contributed by atoms with Crippen LogP contribution in [0, 0.1) is 11.8 Å². The van der Waals surface area contributed by atoms with E-state index in [0.29, 0.717) is 23.9 Å². The average molecular weight is 281 g/mol. The highest BCUT2D eigenvalue weighted by atomic mass is 16.6. The van der Waals surface area contributed by atoms with Gasteiger partial charge in [-0.1, -0.05) is 0 Å². The number of fused-ring (bicyclic) bond motifs is 1. The van der Waals surface area contributed by atoms with E-state index >= 15 is 0 Å². The van der Waals surface area contributed by atoms with Gasteiger partial charge < -0.3 is 15.4 Å². The van der Waals surface area contributed by atoms with Gasteiger partial charge in [0, 0.05) is 38.3 Å². The number of nitrogens with two attached hydrogens (primary N) is 1. The first kappa shape index (κ1) is 14.1. The Kier molecular flexibility index (Phi) is 3.45. The van der Waals surface area contributed by atoms with Gasteiger partial charge >= 0.3 is 6.09 Å². The number of likely N-dealkylation sites (tertiary alicyclic amines) is 2. The van der Waals surface area contributed by atoms with E-state index < -0.39 is 5.60 Å². The number of piperidine rings is 2. The summed E-state index contributed by atoms with van der Waals surface area (Å²) in [6.45, 7) is 9.64. The van der Waals surface area contributed by atoms with Gasteiger partial charge in [-0.05, 0) is 45.4 Å². The van der Waals surface area contributed by atoms with Gasteiger partial charge in [0.2, 0.25) is 0 Å². The third kappa shape index (κ3) is 2.79. The van der Waals surface area contributed by atoms with Crippen LogP contribution in [0.4, 0.5) is 4.79 Å². The van der Waals surface area contributed by atoms with E-state index in [1.54, 1.807) is 0 Å². The van der Waals surface area contributed by atoms with Crippen molar-refractivity contribution in [3.05, 3.63) is 0 Å². The standard InChI is InChI=1S/C15H27N3O2/c1-15(2,3)20-14(19)17-6-4-5-10(7-17)18-8-11-12(9-18)13(11)16/h10-13H,4-9,16H2,1-3H3. The molecular formula is C15H27N3O2. The number of amides is 1. The van der Waals surface area contributed by atoms with E-state index in [2.05, 4.69) is 4.90 Å². The van der Waals surface area contributed by atoms with Crippen LogP contribution in [0.2, 0.25) is 0 Å². The molecule has 3 aliphatic rings. The highest BCUT2D eigenvalue weighted by Gasteiger charge is 2.54. The number of carbonyl (C=O) groups excluding carboxylic acids is 1. The van der Waals surface area contributed by atoms with Gasteiger partial charge in [-0.3, -0.25) is 4.90 Å². The molecule has 1 saturated carbocycles. The third-order valence-electron chi connectivity index (χ3n) is 4.85. The molecule has 0 aromatic heterocycles. The molecule has 1 aliphatic carbocycles. The molecule has 20 heavy (non-hydrogen) atoms. The molecule has 2 N–H and O–H groups in total. The monoisotopic (exact) mass is 281 g/mol. The second kappa shape index (κ2) is 4.88. The number of rotatable bonds is 1. The molecular weight excluding hydrogens is 254 g/mol. The summed E-state index contributed by atoms with van der Waals surface area (Å²) in [5.41, 5.74) is 5.59. The first-order valence-corrected chi connectivity index (χ1v) is 7.83. The van der Waals surface area contributed by atoms with Gasteiger partial charge in [-0.15, -0.1) is 0 Å². The van der Waals surface area contributed by atoms with Gasteiger partial charge in [-0.2, -0.15) is 0 Å². The summed E-state index contributed by atoms with van der Waals surface area (Å²) in [6.07, 6.45) is 2.10. The van der Waals surface area contributed by atoms with E-state index in [4.69, 9.17) is 10.5 Å². The highest BCUT2D eigenvalue weighted by Crippen LogP contribution is 2.45. The fourth-order valence-electron chi connectivity index (χ4n) is 3.65. The lowest BCUT2D eigenvalue weighted by Gasteiger charge is -2.38. The van der Waals surface area contributed by atoms with Crippen molar-refractivity contribution in [1.29, 1.82) is 0 Å². The lowest BCUT2D eigenvalue weighted by Crippen LogP contribution is -2.51. The summed E-state index contributed by atoms with van der Waals surface area (Å²) in [5, 5.41) is 0. The first-order chi connectivity index (χ1) is 9.35. The average Bonchev–Trinajstić information content (AvgIpc) is 2.81. The van der Waals surface area contributed by atoms with Crippen molar-refractivity contribution in [3.63, 3.8) is 0 Å². The fourth-order valence-corrected chi connectivity index (χ4v) is 3.65. The molecule has 2 heterocycles. The lowest BCUT2D eigenvalue weighted by molar-refractivity contribution is 0.0115. The molecule has 3 fully saturated rings. The summed E-state index contributed by atoms with van der Waals surface area (Å²) in [5.74, 6) is 1.43. The maximum Gasteiger partial charge on any atom is 0.410 e. The summed E-state index contributed by atoms with van der Waals surface area (Å²) in [7, 11) is 0. The minimum atomic E-state index is -0.411. The molecule has 0 bridgehead atoms. The van der Waals surface area contributed by atoms with Crippen molar-refractivity contribution < 1.29 is 9.53 Å². The van der Waals surface area contributed by atoms with E-state index in [9.17, 15) is 4.79 Å². The Labute approximate surface area is 121 Å². The summed E-state index contributed by atoms with van der Waals surface area (Å²) < 4.78 is 5.48. The molecule has 0 aromatic rings. The quantitative estimate of drug-likeness (QED) is 0.786. The smallest absolute Gasteiger partial charge is 0.410 e. The van der Waals surface area contributed by atoms with Crippen LogP contribution in [0.5, 0.6) is 0 Å². The van der Waals surface area contributed by atoms with Crippen molar-refractivity contribution in [2.24, 2.45) is 17.6 Å². The van der Waals surface area contributed by atoms with E-state index in [1.165, 1.54) is 6.42 Å². The summed E-state index contributed by atoms with van der Waals surface area (Å²) in [6, 6.07) is 0.938. The van der Waals surface area contributed by atoms with Gasteiger partial charge in [0.25, 0.3) is 0 Å². The highest BCUT2D eigenvalue weighted by molar-refractivity contribution is 5.68. The van der Waals surface area contributed by atoms with Crippen LogP contribution in [-0.4, -0.2) is 59.8 Å². The second-order valence-corrected chi connectivity index (χ2v) is 7.58.